The van der Waals surface area contributed by atoms with Gasteiger partial charge in [0.25, 0.3) is 0 Å². The minimum absolute atomic E-state index is 0.0238. The maximum Gasteiger partial charge on any atom is 0.305 e. The van der Waals surface area contributed by atoms with Crippen LogP contribution in [-0.4, -0.2) is 54.4 Å². The van der Waals surface area contributed by atoms with Crippen molar-refractivity contribution in [2.24, 2.45) is 0 Å². The van der Waals surface area contributed by atoms with Crippen LogP contribution in [0.2, 0.25) is 0 Å². The molecule has 0 aliphatic rings. The molecule has 0 aromatic carbocycles. The molecule has 1 N–H and O–H groups in total. The van der Waals surface area contributed by atoms with Gasteiger partial charge in [0.15, 0.2) is 9.84 Å². The van der Waals surface area contributed by atoms with E-state index in [1.165, 1.54) is 17.9 Å². The lowest BCUT2D eigenvalue weighted by Crippen LogP contribution is -2.43. The van der Waals surface area contributed by atoms with Crippen molar-refractivity contribution >= 4 is 21.7 Å². The first-order chi connectivity index (χ1) is 8.76. The first kappa shape index (κ1) is 17.6. The third-order valence-corrected chi connectivity index (χ3v) is 4.62. The Balaban J connectivity index is 4.88. The average Bonchev–Trinajstić information content (AvgIpc) is 2.32. The fourth-order valence-corrected chi connectivity index (χ4v) is 2.63. The second-order valence-corrected chi connectivity index (χ2v) is 6.60. The summed E-state index contributed by atoms with van der Waals surface area (Å²) in [4.78, 5) is 23.9. The smallest absolute Gasteiger partial charge is 0.305 e. The largest absolute Gasteiger partial charge is 0.481 e. The first-order valence-corrected chi connectivity index (χ1v) is 7.80. The van der Waals surface area contributed by atoms with E-state index < -0.39 is 27.0 Å². The molecule has 0 fully saturated rings. The summed E-state index contributed by atoms with van der Waals surface area (Å²) in [7, 11) is -3.57. The Bertz CT molecular complexity index is 429. The van der Waals surface area contributed by atoms with Gasteiger partial charge in [0.2, 0.25) is 5.91 Å². The van der Waals surface area contributed by atoms with E-state index in [-0.39, 0.29) is 18.7 Å². The van der Waals surface area contributed by atoms with Crippen LogP contribution in [0.25, 0.3) is 0 Å². The number of amides is 1. The van der Waals surface area contributed by atoms with Gasteiger partial charge in [0, 0.05) is 13.1 Å². The van der Waals surface area contributed by atoms with Gasteiger partial charge in [-0.15, -0.1) is 6.58 Å². The van der Waals surface area contributed by atoms with Crippen LogP contribution in [0.15, 0.2) is 12.7 Å². The summed E-state index contributed by atoms with van der Waals surface area (Å²) in [5.74, 6) is -1.83. The van der Waals surface area contributed by atoms with Crippen LogP contribution in [-0.2, 0) is 19.4 Å². The van der Waals surface area contributed by atoms with Crippen molar-refractivity contribution in [1.82, 2.24) is 4.90 Å². The first-order valence-electron chi connectivity index (χ1n) is 6.09. The Morgan fingerprint density at radius 3 is 2.37 bits per heavy atom. The summed E-state index contributed by atoms with van der Waals surface area (Å²) in [6, 6.07) is 0. The topological polar surface area (TPSA) is 91.8 Å². The predicted molar refractivity (Wildman–Crippen MR) is 72.6 cm³/mol. The Morgan fingerprint density at radius 1 is 1.37 bits per heavy atom. The lowest BCUT2D eigenvalue weighted by molar-refractivity contribution is -0.138. The molecular formula is C12H21NO5S. The van der Waals surface area contributed by atoms with Crippen LogP contribution < -0.4 is 0 Å². The van der Waals surface area contributed by atoms with Gasteiger partial charge in [0.05, 0.1) is 12.2 Å². The van der Waals surface area contributed by atoms with Crippen molar-refractivity contribution in [1.29, 1.82) is 0 Å². The maximum atomic E-state index is 12.1. The molecule has 1 atom stereocenters. The number of hydrogen-bond donors (Lipinski definition) is 1. The highest BCUT2D eigenvalue weighted by Crippen LogP contribution is 2.08. The molecule has 1 amide bonds. The Kier molecular flexibility index (Phi) is 7.36. The third-order valence-electron chi connectivity index (χ3n) is 2.64. The predicted octanol–water partition coefficient (Wildman–Crippen LogP) is 0.689. The third kappa shape index (κ3) is 5.87. The molecular weight excluding hydrogens is 270 g/mol. The molecule has 0 aliphatic carbocycles. The average molecular weight is 291 g/mol. The van der Waals surface area contributed by atoms with Crippen LogP contribution >= 0.6 is 0 Å². The maximum absolute atomic E-state index is 12.1. The van der Waals surface area contributed by atoms with Crippen LogP contribution in [0.4, 0.5) is 0 Å². The highest BCUT2D eigenvalue weighted by molar-refractivity contribution is 7.92. The van der Waals surface area contributed by atoms with E-state index in [0.717, 1.165) is 0 Å². The summed E-state index contributed by atoms with van der Waals surface area (Å²) in [5, 5.41) is 7.45. The van der Waals surface area contributed by atoms with Crippen molar-refractivity contribution in [3.05, 3.63) is 12.7 Å². The number of aliphatic carboxylic acids is 1. The summed E-state index contributed by atoms with van der Waals surface area (Å²) >= 11 is 0. The fourth-order valence-electron chi connectivity index (χ4n) is 1.55. The normalized spacial score (nSPS) is 12.7. The van der Waals surface area contributed by atoms with Crippen molar-refractivity contribution in [3.8, 4) is 0 Å². The molecule has 7 heteroatoms. The molecule has 1 unspecified atom stereocenters. The fraction of sp³-hybridized carbons (Fsp3) is 0.667. The van der Waals surface area contributed by atoms with E-state index in [2.05, 4.69) is 6.58 Å². The van der Waals surface area contributed by atoms with Gasteiger partial charge in [-0.1, -0.05) is 13.0 Å². The Labute approximate surface area is 114 Å². The summed E-state index contributed by atoms with van der Waals surface area (Å²) in [5.41, 5.74) is 0. The molecule has 0 aromatic heterocycles. The lowest BCUT2D eigenvalue weighted by Gasteiger charge is -2.24. The Hall–Kier alpha value is -1.37. The number of carbonyl (C=O) groups excluding carboxylic acids is 1. The minimum Gasteiger partial charge on any atom is -0.481 e. The van der Waals surface area contributed by atoms with E-state index in [1.54, 1.807) is 0 Å². The molecule has 110 valence electrons. The van der Waals surface area contributed by atoms with Gasteiger partial charge in [-0.2, -0.15) is 0 Å². The van der Waals surface area contributed by atoms with E-state index in [4.69, 9.17) is 5.11 Å². The zero-order chi connectivity index (χ0) is 15.1. The number of carboxylic acid groups (broad SMARTS) is 1. The van der Waals surface area contributed by atoms with Crippen LogP contribution in [0.3, 0.4) is 0 Å². The van der Waals surface area contributed by atoms with E-state index in [0.29, 0.717) is 13.0 Å². The summed E-state index contributed by atoms with van der Waals surface area (Å²) in [6.07, 6.45) is 1.68. The highest BCUT2D eigenvalue weighted by atomic mass is 32.2. The van der Waals surface area contributed by atoms with Crippen LogP contribution in [0.1, 0.15) is 26.7 Å². The summed E-state index contributed by atoms with van der Waals surface area (Å²) in [6.45, 7) is 6.88. The lowest BCUT2D eigenvalue weighted by atomic mass is 10.3. The van der Waals surface area contributed by atoms with Crippen LogP contribution in [0.5, 0.6) is 0 Å². The van der Waals surface area contributed by atoms with Crippen molar-refractivity contribution in [2.75, 3.05) is 18.8 Å². The minimum atomic E-state index is -3.57. The van der Waals surface area contributed by atoms with Gasteiger partial charge in [-0.05, 0) is 13.3 Å². The molecule has 19 heavy (non-hydrogen) atoms. The van der Waals surface area contributed by atoms with Crippen LogP contribution in [0, 0.1) is 0 Å². The SMILES string of the molecule is C=CCS(=O)(=O)C(C)C(=O)N(CCC)CCC(=O)O. The zero-order valence-corrected chi connectivity index (χ0v) is 12.1. The van der Waals surface area contributed by atoms with Gasteiger partial charge >= 0.3 is 5.97 Å². The van der Waals surface area contributed by atoms with E-state index >= 15 is 0 Å². The zero-order valence-electron chi connectivity index (χ0n) is 11.3. The molecule has 6 nitrogen and oxygen atoms in total. The molecule has 0 saturated heterocycles. The number of carbonyl (C=O) groups is 2. The molecule has 0 aliphatic heterocycles. The van der Waals surface area contributed by atoms with Gasteiger partial charge < -0.3 is 10.0 Å². The van der Waals surface area contributed by atoms with Gasteiger partial charge in [0.1, 0.15) is 5.25 Å². The van der Waals surface area contributed by atoms with E-state index in [1.807, 2.05) is 6.92 Å². The second-order valence-electron chi connectivity index (χ2n) is 4.23. The number of sulfone groups is 1. The van der Waals surface area contributed by atoms with Gasteiger partial charge in [-0.3, -0.25) is 9.59 Å². The molecule has 0 spiro atoms. The number of carboxylic acids is 1. The highest BCUT2D eigenvalue weighted by Gasteiger charge is 2.30. The van der Waals surface area contributed by atoms with E-state index in [9.17, 15) is 18.0 Å². The molecule has 0 radical (unpaired) electrons. The standard InChI is InChI=1S/C12H21NO5S/c1-4-7-13(8-6-11(14)15)12(16)10(3)19(17,18)9-5-2/h5,10H,2,4,6-9H2,1,3H3,(H,14,15). The molecule has 0 aromatic rings. The van der Waals surface area contributed by atoms with Crippen molar-refractivity contribution in [3.63, 3.8) is 0 Å². The Morgan fingerprint density at radius 2 is 1.95 bits per heavy atom. The number of nitrogens with zero attached hydrogens (tertiary/aromatic N) is 1. The molecule has 0 rings (SSSR count). The molecule has 0 heterocycles. The van der Waals surface area contributed by atoms with Crippen molar-refractivity contribution in [2.45, 2.75) is 31.9 Å². The monoisotopic (exact) mass is 291 g/mol. The quantitative estimate of drug-likeness (QED) is 0.631. The summed E-state index contributed by atoms with van der Waals surface area (Å²) < 4.78 is 23.6. The molecule has 0 bridgehead atoms. The number of hydrogen-bond acceptors (Lipinski definition) is 4. The molecule has 0 saturated carbocycles. The second kappa shape index (κ2) is 7.93. The van der Waals surface area contributed by atoms with Gasteiger partial charge in [-0.25, -0.2) is 8.42 Å². The number of rotatable bonds is 9. The van der Waals surface area contributed by atoms with Crippen molar-refractivity contribution < 1.29 is 23.1 Å².